The van der Waals surface area contributed by atoms with E-state index in [9.17, 15) is 0 Å². The van der Waals surface area contributed by atoms with E-state index in [1.807, 2.05) is 32.0 Å². The van der Waals surface area contributed by atoms with E-state index in [4.69, 9.17) is 5.26 Å². The predicted octanol–water partition coefficient (Wildman–Crippen LogP) is 2.26. The first-order valence-electron chi connectivity index (χ1n) is 5.13. The van der Waals surface area contributed by atoms with E-state index in [1.165, 1.54) is 0 Å². The Bertz CT molecular complexity index is 520. The summed E-state index contributed by atoms with van der Waals surface area (Å²) < 4.78 is 1.64. The summed E-state index contributed by atoms with van der Waals surface area (Å²) in [5, 5.41) is 13.1. The zero-order valence-electron chi connectivity index (χ0n) is 9.25. The van der Waals surface area contributed by atoms with Crippen LogP contribution in [0.3, 0.4) is 0 Å². The summed E-state index contributed by atoms with van der Waals surface area (Å²) in [6, 6.07) is 7.77. The molecule has 4 heteroatoms. The van der Waals surface area contributed by atoms with Gasteiger partial charge in [0.05, 0.1) is 0 Å². The molecule has 2 rings (SSSR count). The maximum Gasteiger partial charge on any atom is 0.154 e. The van der Waals surface area contributed by atoms with Crippen LogP contribution in [0.4, 0.5) is 0 Å². The third-order valence-corrected chi connectivity index (χ3v) is 2.38. The first kappa shape index (κ1) is 10.4. The van der Waals surface area contributed by atoms with Crippen LogP contribution in [-0.4, -0.2) is 14.8 Å². The Labute approximate surface area is 94.2 Å². The Kier molecular flexibility index (Phi) is 2.69. The van der Waals surface area contributed by atoms with Crippen molar-refractivity contribution in [1.82, 2.24) is 14.8 Å². The second-order valence-corrected chi connectivity index (χ2v) is 3.82. The van der Waals surface area contributed by atoms with Crippen LogP contribution in [0.1, 0.15) is 31.0 Å². The molecule has 0 amide bonds. The molecule has 4 nitrogen and oxygen atoms in total. The standard InChI is InChI=1S/C12H12N4/c1-9(2)10-4-5-12(15-11(10)8-13)16-7-3-6-14-16/h3-7,9H,1-2H3. The van der Waals surface area contributed by atoms with E-state index < -0.39 is 0 Å². The number of rotatable bonds is 2. The average Bonchev–Trinajstić information content (AvgIpc) is 2.81. The van der Waals surface area contributed by atoms with Crippen LogP contribution >= 0.6 is 0 Å². The number of aromatic nitrogens is 3. The van der Waals surface area contributed by atoms with Crippen molar-refractivity contribution in [1.29, 1.82) is 5.26 Å². The minimum absolute atomic E-state index is 0.300. The first-order valence-corrected chi connectivity index (χ1v) is 5.13. The first-order chi connectivity index (χ1) is 7.72. The van der Waals surface area contributed by atoms with Crippen LogP contribution < -0.4 is 0 Å². The molecule has 0 radical (unpaired) electrons. The molecular formula is C12H12N4. The molecule has 0 spiro atoms. The molecule has 2 heterocycles. The molecule has 0 saturated heterocycles. The zero-order chi connectivity index (χ0) is 11.5. The van der Waals surface area contributed by atoms with Crippen LogP contribution in [0.25, 0.3) is 5.82 Å². The molecule has 0 saturated carbocycles. The number of hydrogen-bond acceptors (Lipinski definition) is 3. The largest absolute Gasteiger partial charge is 0.223 e. The summed E-state index contributed by atoms with van der Waals surface area (Å²) >= 11 is 0. The summed E-state index contributed by atoms with van der Waals surface area (Å²) in [6.45, 7) is 4.09. The summed E-state index contributed by atoms with van der Waals surface area (Å²) in [5.41, 5.74) is 1.45. The van der Waals surface area contributed by atoms with Gasteiger partial charge in [0, 0.05) is 12.4 Å². The Balaban J connectivity index is 2.50. The highest BCUT2D eigenvalue weighted by atomic mass is 15.3. The van der Waals surface area contributed by atoms with Gasteiger partial charge >= 0.3 is 0 Å². The van der Waals surface area contributed by atoms with Crippen LogP contribution in [0.2, 0.25) is 0 Å². The van der Waals surface area contributed by atoms with Crippen molar-refractivity contribution < 1.29 is 0 Å². The molecule has 80 valence electrons. The van der Waals surface area contributed by atoms with Gasteiger partial charge in [-0.2, -0.15) is 10.4 Å². The molecule has 0 fully saturated rings. The van der Waals surface area contributed by atoms with Crippen molar-refractivity contribution in [2.45, 2.75) is 19.8 Å². The molecule has 0 bridgehead atoms. The normalized spacial score (nSPS) is 10.4. The van der Waals surface area contributed by atoms with Crippen molar-refractivity contribution in [3.8, 4) is 11.9 Å². The van der Waals surface area contributed by atoms with Gasteiger partial charge in [-0.05, 0) is 23.6 Å². The van der Waals surface area contributed by atoms with Gasteiger partial charge in [0.25, 0.3) is 0 Å². The third kappa shape index (κ3) is 1.80. The highest BCUT2D eigenvalue weighted by molar-refractivity contribution is 5.38. The summed E-state index contributed by atoms with van der Waals surface area (Å²) in [4.78, 5) is 4.29. The van der Waals surface area contributed by atoms with E-state index >= 15 is 0 Å². The van der Waals surface area contributed by atoms with E-state index in [1.54, 1.807) is 17.1 Å². The fourth-order valence-corrected chi connectivity index (χ4v) is 1.55. The molecule has 0 aliphatic rings. The predicted molar refractivity (Wildman–Crippen MR) is 60.2 cm³/mol. The Morgan fingerprint density at radius 2 is 2.19 bits per heavy atom. The van der Waals surface area contributed by atoms with Crippen molar-refractivity contribution in [3.63, 3.8) is 0 Å². The van der Waals surface area contributed by atoms with E-state index in [0.29, 0.717) is 17.4 Å². The third-order valence-electron chi connectivity index (χ3n) is 2.38. The monoisotopic (exact) mass is 212 g/mol. The molecule has 0 aromatic carbocycles. The van der Waals surface area contributed by atoms with Crippen molar-refractivity contribution in [3.05, 3.63) is 41.9 Å². The Morgan fingerprint density at radius 3 is 2.75 bits per heavy atom. The lowest BCUT2D eigenvalue weighted by Gasteiger charge is -2.08. The lowest BCUT2D eigenvalue weighted by molar-refractivity contribution is 0.816. The van der Waals surface area contributed by atoms with Crippen LogP contribution in [-0.2, 0) is 0 Å². The quantitative estimate of drug-likeness (QED) is 0.767. The number of nitriles is 1. The number of nitrogens with zero attached hydrogens (tertiary/aromatic N) is 4. The van der Waals surface area contributed by atoms with Crippen LogP contribution in [0, 0.1) is 11.3 Å². The summed E-state index contributed by atoms with van der Waals surface area (Å²) in [5.74, 6) is 0.972. The van der Waals surface area contributed by atoms with Crippen molar-refractivity contribution in [2.24, 2.45) is 0 Å². The van der Waals surface area contributed by atoms with Gasteiger partial charge in [-0.1, -0.05) is 19.9 Å². The molecule has 2 aromatic rings. The average molecular weight is 212 g/mol. The fourth-order valence-electron chi connectivity index (χ4n) is 1.55. The van der Waals surface area contributed by atoms with Gasteiger partial charge in [0.2, 0.25) is 0 Å². The molecule has 0 unspecified atom stereocenters. The minimum Gasteiger partial charge on any atom is -0.223 e. The van der Waals surface area contributed by atoms with Gasteiger partial charge in [0.1, 0.15) is 11.8 Å². The number of hydrogen-bond donors (Lipinski definition) is 0. The SMILES string of the molecule is CC(C)c1ccc(-n2cccn2)nc1C#N. The number of pyridine rings is 1. The van der Waals surface area contributed by atoms with E-state index in [2.05, 4.69) is 16.2 Å². The van der Waals surface area contributed by atoms with E-state index in [-0.39, 0.29) is 0 Å². The van der Waals surface area contributed by atoms with Crippen LogP contribution in [0.5, 0.6) is 0 Å². The fraction of sp³-hybridized carbons (Fsp3) is 0.250. The molecule has 2 aromatic heterocycles. The molecular weight excluding hydrogens is 200 g/mol. The highest BCUT2D eigenvalue weighted by Gasteiger charge is 2.09. The summed E-state index contributed by atoms with van der Waals surface area (Å²) in [6.07, 6.45) is 3.49. The highest BCUT2D eigenvalue weighted by Crippen LogP contribution is 2.18. The second-order valence-electron chi connectivity index (χ2n) is 3.82. The Hall–Kier alpha value is -2.15. The van der Waals surface area contributed by atoms with E-state index in [0.717, 1.165) is 5.56 Å². The minimum atomic E-state index is 0.300. The van der Waals surface area contributed by atoms with Crippen molar-refractivity contribution in [2.75, 3.05) is 0 Å². The smallest absolute Gasteiger partial charge is 0.154 e. The molecule has 0 aliphatic heterocycles. The summed E-state index contributed by atoms with van der Waals surface area (Å²) in [7, 11) is 0. The zero-order valence-corrected chi connectivity index (χ0v) is 9.25. The lowest BCUT2D eigenvalue weighted by Crippen LogP contribution is -2.03. The van der Waals surface area contributed by atoms with Gasteiger partial charge in [-0.3, -0.25) is 0 Å². The maximum absolute atomic E-state index is 9.05. The lowest BCUT2D eigenvalue weighted by atomic mass is 10.0. The van der Waals surface area contributed by atoms with Gasteiger partial charge in [-0.15, -0.1) is 0 Å². The molecule has 0 N–H and O–H groups in total. The maximum atomic E-state index is 9.05. The van der Waals surface area contributed by atoms with Gasteiger partial charge < -0.3 is 0 Å². The topological polar surface area (TPSA) is 54.5 Å². The van der Waals surface area contributed by atoms with Crippen LogP contribution in [0.15, 0.2) is 30.6 Å². The molecule has 16 heavy (non-hydrogen) atoms. The molecule has 0 aliphatic carbocycles. The second kappa shape index (κ2) is 4.15. The van der Waals surface area contributed by atoms with Gasteiger partial charge in [0.15, 0.2) is 5.82 Å². The van der Waals surface area contributed by atoms with Gasteiger partial charge in [-0.25, -0.2) is 9.67 Å². The van der Waals surface area contributed by atoms with Crippen molar-refractivity contribution >= 4 is 0 Å². The molecule has 0 atom stereocenters. The Morgan fingerprint density at radius 1 is 1.38 bits per heavy atom.